The van der Waals surface area contributed by atoms with Crippen LogP contribution in [-0.4, -0.2) is 71.9 Å². The molecule has 6 N–H and O–H groups in total. The Balaban J connectivity index is 1.09. The van der Waals surface area contributed by atoms with Crippen molar-refractivity contribution >= 4 is 79.2 Å². The highest BCUT2D eigenvalue weighted by Gasteiger charge is 2.31. The molecule has 0 bridgehead atoms. The van der Waals surface area contributed by atoms with Crippen LogP contribution in [0, 0.1) is 0 Å². The van der Waals surface area contributed by atoms with Crippen molar-refractivity contribution in [1.29, 1.82) is 0 Å². The maximum atomic E-state index is 14.1. The van der Waals surface area contributed by atoms with E-state index < -0.39 is 22.8 Å². The van der Waals surface area contributed by atoms with Crippen molar-refractivity contribution in [2.45, 2.75) is 43.4 Å². The molecule has 4 amide bonds. The third kappa shape index (κ3) is 7.78. The molecular formula is C42H43N9O6S. The number of hydrogen-bond acceptors (Lipinski definition) is 10. The van der Waals surface area contributed by atoms with Gasteiger partial charge in [0.2, 0.25) is 29.6 Å². The van der Waals surface area contributed by atoms with E-state index in [1.165, 1.54) is 11.4 Å². The Morgan fingerprint density at radius 2 is 1.88 bits per heavy atom. The summed E-state index contributed by atoms with van der Waals surface area (Å²) in [4.78, 5) is 62.8. The SMILES string of the molecule is C=C(C(N)=O)c1cc(Nc2nccc(-c3cn(C)c4ccccc34)n2)c(OC)cc1NCCCN(C(=O)CC)S(=O)c1cccc2c(C3CCC(=O)NC3=O)[nH]cc12. The number of primary amides is 1. The van der Waals surface area contributed by atoms with Crippen LogP contribution in [0.2, 0.25) is 0 Å². The Bertz CT molecular complexity index is 2630. The molecule has 0 saturated carbocycles. The maximum Gasteiger partial charge on any atom is 0.248 e. The van der Waals surface area contributed by atoms with Gasteiger partial charge >= 0.3 is 0 Å². The molecule has 4 heterocycles. The molecule has 1 aliphatic rings. The normalized spacial score (nSPS) is 14.6. The van der Waals surface area contributed by atoms with Crippen molar-refractivity contribution in [3.05, 3.63) is 97.1 Å². The van der Waals surface area contributed by atoms with Crippen LogP contribution in [0.25, 0.3) is 38.5 Å². The average molecular weight is 802 g/mol. The lowest BCUT2D eigenvalue weighted by Gasteiger charge is -2.23. The number of H-pyrrole nitrogens is 1. The molecule has 2 unspecified atom stereocenters. The van der Waals surface area contributed by atoms with Gasteiger partial charge < -0.3 is 30.7 Å². The van der Waals surface area contributed by atoms with Gasteiger partial charge in [-0.1, -0.05) is 43.8 Å². The average Bonchev–Trinajstić information content (AvgIpc) is 3.81. The number of piperidine rings is 1. The van der Waals surface area contributed by atoms with Gasteiger partial charge in [0.1, 0.15) is 5.75 Å². The van der Waals surface area contributed by atoms with Gasteiger partial charge in [-0.05, 0) is 37.1 Å². The zero-order valence-electron chi connectivity index (χ0n) is 32.3. The number of carbonyl (C=O) groups is 4. The van der Waals surface area contributed by atoms with Crippen LogP contribution in [0.15, 0.2) is 90.7 Å². The molecule has 1 fully saturated rings. The number of carbonyl (C=O) groups excluding carboxylic acids is 4. The minimum atomic E-state index is -1.88. The number of imide groups is 1. The first kappa shape index (κ1) is 39.4. The number of anilines is 3. The van der Waals surface area contributed by atoms with E-state index in [2.05, 4.69) is 32.5 Å². The molecule has 0 aliphatic carbocycles. The lowest BCUT2D eigenvalue weighted by molar-refractivity contribution is -0.134. The number of para-hydroxylation sites is 1. The number of nitrogens with one attached hydrogen (secondary N) is 4. The fraction of sp³-hybridized carbons (Fsp3) is 0.238. The van der Waals surface area contributed by atoms with E-state index in [1.807, 2.05) is 54.2 Å². The summed E-state index contributed by atoms with van der Waals surface area (Å²) >= 11 is 0. The van der Waals surface area contributed by atoms with Gasteiger partial charge in [-0.3, -0.25) is 28.8 Å². The molecule has 2 atom stereocenters. The molecule has 3 aromatic carbocycles. The van der Waals surface area contributed by atoms with Gasteiger partial charge in [0, 0.05) is 107 Å². The monoisotopic (exact) mass is 801 g/mol. The van der Waals surface area contributed by atoms with E-state index in [0.29, 0.717) is 75.1 Å². The van der Waals surface area contributed by atoms with Gasteiger partial charge in [-0.15, -0.1) is 0 Å². The van der Waals surface area contributed by atoms with Crippen molar-refractivity contribution < 1.29 is 28.1 Å². The molecule has 58 heavy (non-hydrogen) atoms. The highest BCUT2D eigenvalue weighted by atomic mass is 32.2. The third-order valence-electron chi connectivity index (χ3n) is 10.2. The number of methoxy groups -OCH3 is 1. The van der Waals surface area contributed by atoms with E-state index in [0.717, 1.165) is 16.5 Å². The number of amides is 4. The van der Waals surface area contributed by atoms with Crippen LogP contribution in [-0.2, 0) is 37.2 Å². The second-order valence-corrected chi connectivity index (χ2v) is 15.2. The number of aryl methyl sites for hydroxylation is 1. The second kappa shape index (κ2) is 16.7. The summed E-state index contributed by atoms with van der Waals surface area (Å²) in [6, 6.07) is 18.5. The van der Waals surface area contributed by atoms with Crippen molar-refractivity contribution in [2.24, 2.45) is 12.8 Å². The molecule has 1 saturated heterocycles. The fourth-order valence-corrected chi connectivity index (χ4v) is 8.61. The Hall–Kier alpha value is -6.81. The van der Waals surface area contributed by atoms with E-state index in [1.54, 1.807) is 43.6 Å². The van der Waals surface area contributed by atoms with E-state index in [-0.39, 0.29) is 42.7 Å². The minimum Gasteiger partial charge on any atom is -0.494 e. The number of nitrogens with two attached hydrogens (primary N) is 1. The zero-order chi connectivity index (χ0) is 41.1. The van der Waals surface area contributed by atoms with Crippen LogP contribution >= 0.6 is 0 Å². The van der Waals surface area contributed by atoms with Crippen molar-refractivity contribution in [3.8, 4) is 17.0 Å². The zero-order valence-corrected chi connectivity index (χ0v) is 33.1. The summed E-state index contributed by atoms with van der Waals surface area (Å²) in [6.45, 7) is 6.09. The number of rotatable bonds is 15. The number of fused-ring (bicyclic) bond motifs is 2. The van der Waals surface area contributed by atoms with Gasteiger partial charge in [0.15, 0.2) is 11.0 Å². The van der Waals surface area contributed by atoms with Crippen LogP contribution in [0.1, 0.15) is 49.8 Å². The molecule has 1 aliphatic heterocycles. The predicted molar refractivity (Wildman–Crippen MR) is 223 cm³/mol. The largest absolute Gasteiger partial charge is 0.494 e. The Labute approximate surface area is 336 Å². The lowest BCUT2D eigenvalue weighted by atomic mass is 9.93. The first-order chi connectivity index (χ1) is 28.0. The van der Waals surface area contributed by atoms with E-state index >= 15 is 0 Å². The summed E-state index contributed by atoms with van der Waals surface area (Å²) < 4.78 is 23.2. The quantitative estimate of drug-likeness (QED) is 0.0490. The Kier molecular flexibility index (Phi) is 11.4. The summed E-state index contributed by atoms with van der Waals surface area (Å²) in [5.41, 5.74) is 10.5. The topological polar surface area (TPSA) is 206 Å². The minimum absolute atomic E-state index is 0.0544. The lowest BCUT2D eigenvalue weighted by Crippen LogP contribution is -2.39. The maximum absolute atomic E-state index is 14.1. The third-order valence-corrected chi connectivity index (χ3v) is 11.7. The van der Waals surface area contributed by atoms with Crippen molar-refractivity contribution in [1.82, 2.24) is 29.1 Å². The number of benzene rings is 3. The van der Waals surface area contributed by atoms with Crippen LogP contribution in [0.5, 0.6) is 5.75 Å². The molecule has 298 valence electrons. The number of hydrogen-bond donors (Lipinski definition) is 5. The highest BCUT2D eigenvalue weighted by Crippen LogP contribution is 2.37. The molecule has 0 spiro atoms. The fourth-order valence-electron chi connectivity index (χ4n) is 7.22. The molecule has 3 aromatic heterocycles. The van der Waals surface area contributed by atoms with E-state index in [4.69, 9.17) is 15.5 Å². The smallest absolute Gasteiger partial charge is 0.248 e. The summed E-state index contributed by atoms with van der Waals surface area (Å²) in [6.07, 6.45) is 6.45. The summed E-state index contributed by atoms with van der Waals surface area (Å²) in [5, 5.41) is 11.3. The number of aromatic amines is 1. The van der Waals surface area contributed by atoms with Crippen LogP contribution < -0.4 is 26.4 Å². The molecule has 16 heteroatoms. The van der Waals surface area contributed by atoms with Crippen LogP contribution in [0.4, 0.5) is 17.3 Å². The summed E-state index contributed by atoms with van der Waals surface area (Å²) in [7, 11) is 1.62. The molecule has 6 aromatic rings. The molecular weight excluding hydrogens is 759 g/mol. The van der Waals surface area contributed by atoms with Crippen LogP contribution in [0.3, 0.4) is 0 Å². The standard InChI is InChI=1S/C42H43N9O6S/c1-5-38(53)51(58(56)36-13-8-11-26-29(36)22-46-39(26)27-14-15-37(52)49-41(27)55)19-9-17-44-32-21-35(57-4)33(20-28(32)24(2)40(43)54)48-42-45-18-16-31(47-42)30-23-50(3)34-12-7-6-10-25(30)34/h6-8,10-13,16,18,20-23,27,44,46H,2,5,9,14-15,17,19H2,1,3-4H3,(H2,43,54)(H,45,47,48)(H,49,52,55). The Morgan fingerprint density at radius 1 is 1.09 bits per heavy atom. The molecule has 0 radical (unpaired) electrons. The highest BCUT2D eigenvalue weighted by molar-refractivity contribution is 7.83. The molecule has 15 nitrogen and oxygen atoms in total. The second-order valence-electron chi connectivity index (χ2n) is 13.8. The van der Waals surface area contributed by atoms with Gasteiger partial charge in [-0.2, -0.15) is 0 Å². The van der Waals surface area contributed by atoms with Gasteiger partial charge in [-0.25, -0.2) is 14.2 Å². The first-order valence-corrected chi connectivity index (χ1v) is 19.8. The van der Waals surface area contributed by atoms with Crippen molar-refractivity contribution in [2.75, 3.05) is 30.8 Å². The van der Waals surface area contributed by atoms with E-state index in [9.17, 15) is 23.4 Å². The molecule has 7 rings (SSSR count). The predicted octanol–water partition coefficient (Wildman–Crippen LogP) is 5.65. The Morgan fingerprint density at radius 3 is 2.64 bits per heavy atom. The first-order valence-electron chi connectivity index (χ1n) is 18.7. The number of aromatic nitrogens is 4. The summed E-state index contributed by atoms with van der Waals surface area (Å²) in [5.74, 6) is -1.55. The number of ether oxygens (including phenoxy) is 1. The van der Waals surface area contributed by atoms with Gasteiger partial charge in [0.25, 0.3) is 0 Å². The number of nitrogens with zero attached hydrogens (tertiary/aromatic N) is 4. The van der Waals surface area contributed by atoms with Crippen molar-refractivity contribution in [3.63, 3.8) is 0 Å². The van der Waals surface area contributed by atoms with Gasteiger partial charge in [0.05, 0.1) is 29.3 Å².